The van der Waals surface area contributed by atoms with Gasteiger partial charge in [0.15, 0.2) is 5.03 Å². The van der Waals surface area contributed by atoms with Gasteiger partial charge in [0.05, 0.1) is 12.4 Å². The molecule has 0 N–H and O–H groups in total. The smallest absolute Gasteiger partial charge is 0.262 e. The fraction of sp³-hybridized carbons (Fsp3) is 0.429. The van der Waals surface area contributed by atoms with Gasteiger partial charge in [0, 0.05) is 20.3 Å². The van der Waals surface area contributed by atoms with Crippen LogP contribution < -0.4 is 0 Å². The number of nitriles is 1. The minimum absolute atomic E-state index is 0.0437. The molecule has 0 atom stereocenters. The topological polar surface area (TPSA) is 79.0 Å². The number of nitrogens with zero attached hydrogens (tertiary/aromatic N) is 4. The molecule has 1 rings (SSSR count). The molecule has 1 aromatic heterocycles. The van der Waals surface area contributed by atoms with Crippen molar-refractivity contribution in [1.82, 2.24) is 13.9 Å². The van der Waals surface area contributed by atoms with Gasteiger partial charge in [-0.25, -0.2) is 13.4 Å². The fourth-order valence-corrected chi connectivity index (χ4v) is 1.89. The molecule has 0 unspecified atom stereocenters. The third-order valence-corrected chi connectivity index (χ3v) is 3.34. The van der Waals surface area contributed by atoms with E-state index in [-0.39, 0.29) is 11.6 Å². The highest BCUT2D eigenvalue weighted by Gasteiger charge is 2.22. The van der Waals surface area contributed by atoms with Crippen LogP contribution in [-0.4, -0.2) is 35.9 Å². The molecule has 6 nitrogen and oxygen atoms in total. The zero-order valence-corrected chi connectivity index (χ0v) is 8.69. The first-order chi connectivity index (χ1) is 6.48. The first kappa shape index (κ1) is 10.7. The van der Waals surface area contributed by atoms with E-state index in [0.717, 1.165) is 4.31 Å². The molecule has 0 aliphatic carbocycles. The highest BCUT2D eigenvalue weighted by Crippen LogP contribution is 2.09. The Bertz CT molecular complexity index is 456. The molecule has 0 radical (unpaired) electrons. The molecular weight excluding hydrogens is 204 g/mol. The van der Waals surface area contributed by atoms with Crippen molar-refractivity contribution in [1.29, 1.82) is 5.26 Å². The Hall–Kier alpha value is -1.39. The maximum atomic E-state index is 11.6. The predicted octanol–water partition coefficient (Wildman–Crippen LogP) is -0.436. The van der Waals surface area contributed by atoms with Crippen molar-refractivity contribution >= 4 is 10.0 Å². The van der Waals surface area contributed by atoms with Crippen molar-refractivity contribution in [3.63, 3.8) is 0 Å². The summed E-state index contributed by atoms with van der Waals surface area (Å²) in [4.78, 5) is 3.71. The molecule has 1 heterocycles. The maximum absolute atomic E-state index is 11.6. The van der Waals surface area contributed by atoms with E-state index in [9.17, 15) is 8.42 Å². The van der Waals surface area contributed by atoms with E-state index in [1.54, 1.807) is 13.1 Å². The predicted molar refractivity (Wildman–Crippen MR) is 48.6 cm³/mol. The van der Waals surface area contributed by atoms with Crippen LogP contribution in [0.1, 0.15) is 0 Å². The van der Waals surface area contributed by atoms with Gasteiger partial charge in [0.2, 0.25) is 0 Å². The molecule has 0 aromatic carbocycles. The second-order valence-electron chi connectivity index (χ2n) is 2.80. The van der Waals surface area contributed by atoms with E-state index in [1.807, 2.05) is 0 Å². The summed E-state index contributed by atoms with van der Waals surface area (Å²) in [5, 5.41) is 8.33. The molecule has 0 aliphatic heterocycles. The number of aryl methyl sites for hydroxylation is 1. The van der Waals surface area contributed by atoms with Gasteiger partial charge in [0.25, 0.3) is 10.0 Å². The average Bonchev–Trinajstić information content (AvgIpc) is 2.52. The molecule has 0 amide bonds. The molecule has 0 saturated heterocycles. The van der Waals surface area contributed by atoms with Crippen LogP contribution in [0.4, 0.5) is 0 Å². The van der Waals surface area contributed by atoms with Crippen molar-refractivity contribution in [3.05, 3.63) is 12.5 Å². The summed E-state index contributed by atoms with van der Waals surface area (Å²) in [5.74, 6) is 0. The summed E-state index contributed by atoms with van der Waals surface area (Å²) in [6, 6.07) is 1.76. The highest BCUT2D eigenvalue weighted by atomic mass is 32.2. The van der Waals surface area contributed by atoms with Crippen LogP contribution >= 0.6 is 0 Å². The van der Waals surface area contributed by atoms with Gasteiger partial charge >= 0.3 is 0 Å². The quantitative estimate of drug-likeness (QED) is 0.639. The Morgan fingerprint density at radius 1 is 1.71 bits per heavy atom. The molecule has 14 heavy (non-hydrogen) atoms. The number of rotatable bonds is 3. The van der Waals surface area contributed by atoms with Crippen LogP contribution in [0.3, 0.4) is 0 Å². The van der Waals surface area contributed by atoms with Gasteiger partial charge < -0.3 is 4.57 Å². The van der Waals surface area contributed by atoms with Crippen molar-refractivity contribution in [2.75, 3.05) is 13.6 Å². The summed E-state index contributed by atoms with van der Waals surface area (Å²) in [6.07, 6.45) is 2.79. The van der Waals surface area contributed by atoms with E-state index >= 15 is 0 Å². The summed E-state index contributed by atoms with van der Waals surface area (Å²) < 4.78 is 25.8. The van der Waals surface area contributed by atoms with Crippen LogP contribution in [0.2, 0.25) is 0 Å². The van der Waals surface area contributed by atoms with Gasteiger partial charge in [0.1, 0.15) is 6.54 Å². The number of aromatic nitrogens is 2. The third kappa shape index (κ3) is 1.92. The second kappa shape index (κ2) is 3.77. The second-order valence-corrected chi connectivity index (χ2v) is 4.79. The number of imidazole rings is 1. The largest absolute Gasteiger partial charge is 0.339 e. The van der Waals surface area contributed by atoms with Crippen LogP contribution in [0.25, 0.3) is 0 Å². The molecular formula is C7H10N4O2S. The van der Waals surface area contributed by atoms with Crippen molar-refractivity contribution in [2.45, 2.75) is 5.03 Å². The Balaban J connectivity index is 3.03. The summed E-state index contributed by atoms with van der Waals surface area (Å²) in [6.45, 7) is -0.182. The number of hydrogen-bond acceptors (Lipinski definition) is 4. The highest BCUT2D eigenvalue weighted by molar-refractivity contribution is 7.89. The van der Waals surface area contributed by atoms with Gasteiger partial charge in [-0.1, -0.05) is 0 Å². The fourth-order valence-electron chi connectivity index (χ4n) is 0.866. The van der Waals surface area contributed by atoms with Crippen LogP contribution in [0, 0.1) is 11.3 Å². The van der Waals surface area contributed by atoms with E-state index < -0.39 is 10.0 Å². The van der Waals surface area contributed by atoms with Gasteiger partial charge in [-0.05, 0) is 0 Å². The first-order valence-electron chi connectivity index (χ1n) is 3.79. The molecule has 0 aliphatic rings. The minimum atomic E-state index is -3.60. The zero-order valence-electron chi connectivity index (χ0n) is 7.88. The summed E-state index contributed by atoms with van der Waals surface area (Å²) in [5.41, 5.74) is 0. The SMILES string of the molecule is CN(CC#N)S(=O)(=O)c1cn(C)cn1. The Morgan fingerprint density at radius 3 is 2.79 bits per heavy atom. The summed E-state index contributed by atoms with van der Waals surface area (Å²) in [7, 11) is -0.584. The standard InChI is InChI=1S/C7H10N4O2S/c1-10-5-7(9-6-10)14(12,13)11(2)4-3-8/h5-6H,4H2,1-2H3. The normalized spacial score (nSPS) is 11.6. The van der Waals surface area contributed by atoms with Gasteiger partial charge in [-0.3, -0.25) is 0 Å². The van der Waals surface area contributed by atoms with Crippen molar-refractivity contribution in [2.24, 2.45) is 7.05 Å². The number of hydrogen-bond donors (Lipinski definition) is 0. The van der Waals surface area contributed by atoms with E-state index in [2.05, 4.69) is 4.98 Å². The van der Waals surface area contributed by atoms with E-state index in [1.165, 1.54) is 24.1 Å². The van der Waals surface area contributed by atoms with Gasteiger partial charge in [-0.2, -0.15) is 9.57 Å². The molecule has 0 bridgehead atoms. The van der Waals surface area contributed by atoms with Crippen LogP contribution in [0.5, 0.6) is 0 Å². The maximum Gasteiger partial charge on any atom is 0.262 e. The molecule has 0 spiro atoms. The average molecular weight is 214 g/mol. The molecule has 0 fully saturated rings. The monoisotopic (exact) mass is 214 g/mol. The minimum Gasteiger partial charge on any atom is -0.339 e. The zero-order chi connectivity index (χ0) is 10.8. The first-order valence-corrected chi connectivity index (χ1v) is 5.23. The van der Waals surface area contributed by atoms with Crippen molar-refractivity contribution < 1.29 is 8.42 Å². The lowest BCUT2D eigenvalue weighted by Gasteiger charge is -2.10. The van der Waals surface area contributed by atoms with Gasteiger partial charge in [-0.15, -0.1) is 0 Å². The van der Waals surface area contributed by atoms with Crippen LogP contribution in [0.15, 0.2) is 17.6 Å². The lowest BCUT2D eigenvalue weighted by Crippen LogP contribution is -2.27. The Morgan fingerprint density at radius 2 is 2.36 bits per heavy atom. The molecule has 7 heteroatoms. The van der Waals surface area contributed by atoms with Crippen molar-refractivity contribution in [3.8, 4) is 6.07 Å². The number of sulfonamides is 1. The lowest BCUT2D eigenvalue weighted by molar-refractivity contribution is 0.498. The Kier molecular flexibility index (Phi) is 2.88. The van der Waals surface area contributed by atoms with E-state index in [0.29, 0.717) is 0 Å². The summed E-state index contributed by atoms with van der Waals surface area (Å²) >= 11 is 0. The van der Waals surface area contributed by atoms with Crippen LogP contribution in [-0.2, 0) is 17.1 Å². The lowest BCUT2D eigenvalue weighted by atomic mass is 10.7. The molecule has 1 aromatic rings. The molecule has 0 saturated carbocycles. The van der Waals surface area contributed by atoms with E-state index in [4.69, 9.17) is 5.26 Å². The Labute approximate surface area is 82.4 Å². The third-order valence-electron chi connectivity index (χ3n) is 1.65. The molecule has 76 valence electrons.